The van der Waals surface area contributed by atoms with E-state index in [9.17, 15) is 9.18 Å². The first-order chi connectivity index (χ1) is 8.16. The van der Waals surface area contributed by atoms with E-state index >= 15 is 0 Å². The number of carbonyl (C=O) groups is 1. The van der Waals surface area contributed by atoms with Crippen LogP contribution in [-0.4, -0.2) is 11.9 Å². The van der Waals surface area contributed by atoms with Gasteiger partial charge in [0.15, 0.2) is 0 Å². The van der Waals surface area contributed by atoms with Crippen molar-refractivity contribution in [2.24, 2.45) is 11.7 Å². The van der Waals surface area contributed by atoms with Crippen molar-refractivity contribution >= 4 is 5.91 Å². The number of benzene rings is 1. The van der Waals surface area contributed by atoms with Crippen LogP contribution in [0.1, 0.15) is 12.0 Å². The molecule has 17 heavy (non-hydrogen) atoms. The van der Waals surface area contributed by atoms with E-state index in [-0.39, 0.29) is 30.2 Å². The molecule has 1 aliphatic carbocycles. The Labute approximate surface area is 99.5 Å². The molecule has 0 aliphatic heterocycles. The van der Waals surface area contributed by atoms with Crippen molar-refractivity contribution in [3.05, 3.63) is 47.8 Å². The average molecular weight is 234 g/mol. The number of nitrogens with two attached hydrogens (primary N) is 1. The molecule has 0 heterocycles. The Kier molecular flexibility index (Phi) is 3.54. The quantitative estimate of drug-likeness (QED) is 0.775. The van der Waals surface area contributed by atoms with Crippen molar-refractivity contribution in [2.75, 3.05) is 0 Å². The van der Waals surface area contributed by atoms with Gasteiger partial charge in [0.1, 0.15) is 5.82 Å². The highest BCUT2D eigenvalue weighted by molar-refractivity contribution is 5.81. The fourth-order valence-corrected chi connectivity index (χ4v) is 1.88. The molecule has 0 bridgehead atoms. The summed E-state index contributed by atoms with van der Waals surface area (Å²) in [7, 11) is 0. The van der Waals surface area contributed by atoms with Crippen LogP contribution in [-0.2, 0) is 11.3 Å². The Morgan fingerprint density at radius 3 is 2.82 bits per heavy atom. The molecule has 2 unspecified atom stereocenters. The molecule has 90 valence electrons. The van der Waals surface area contributed by atoms with Gasteiger partial charge in [-0.15, -0.1) is 0 Å². The Hall–Kier alpha value is -1.68. The number of amides is 1. The van der Waals surface area contributed by atoms with E-state index < -0.39 is 0 Å². The number of hydrogen-bond acceptors (Lipinski definition) is 2. The average Bonchev–Trinajstić information content (AvgIpc) is 2.74. The third-order valence-corrected chi connectivity index (χ3v) is 2.86. The molecule has 2 rings (SSSR count). The van der Waals surface area contributed by atoms with E-state index in [0.717, 1.165) is 0 Å². The summed E-state index contributed by atoms with van der Waals surface area (Å²) in [6.07, 6.45) is 4.26. The second-order valence-corrected chi connectivity index (χ2v) is 4.20. The third-order valence-electron chi connectivity index (χ3n) is 2.86. The molecule has 0 fully saturated rings. The first kappa shape index (κ1) is 11.8. The Bertz CT molecular complexity index is 445. The van der Waals surface area contributed by atoms with Crippen LogP contribution in [0.5, 0.6) is 0 Å². The second-order valence-electron chi connectivity index (χ2n) is 4.20. The highest BCUT2D eigenvalue weighted by Gasteiger charge is 2.22. The summed E-state index contributed by atoms with van der Waals surface area (Å²) >= 11 is 0. The van der Waals surface area contributed by atoms with E-state index in [1.165, 1.54) is 6.07 Å². The summed E-state index contributed by atoms with van der Waals surface area (Å²) in [4.78, 5) is 11.7. The number of carbonyl (C=O) groups excluding carboxylic acids is 1. The van der Waals surface area contributed by atoms with Crippen molar-refractivity contribution in [1.29, 1.82) is 0 Å². The minimum Gasteiger partial charge on any atom is -0.351 e. The van der Waals surface area contributed by atoms with Crippen LogP contribution >= 0.6 is 0 Å². The zero-order valence-electron chi connectivity index (χ0n) is 9.40. The summed E-state index contributed by atoms with van der Waals surface area (Å²) in [5.41, 5.74) is 6.16. The van der Waals surface area contributed by atoms with E-state index in [4.69, 9.17) is 5.73 Å². The van der Waals surface area contributed by atoms with Crippen LogP contribution in [0.2, 0.25) is 0 Å². The van der Waals surface area contributed by atoms with Crippen LogP contribution < -0.4 is 11.1 Å². The summed E-state index contributed by atoms with van der Waals surface area (Å²) in [5, 5.41) is 2.72. The fourth-order valence-electron chi connectivity index (χ4n) is 1.88. The summed E-state index contributed by atoms with van der Waals surface area (Å²) in [6, 6.07) is 6.37. The first-order valence-electron chi connectivity index (χ1n) is 5.62. The molecule has 4 heteroatoms. The standard InChI is InChI=1S/C13H15FN2O/c14-12-4-2-1-3-10(12)8-16-13(17)9-5-6-11(15)7-9/h1-6,9,11H,7-8,15H2,(H,16,17). The summed E-state index contributed by atoms with van der Waals surface area (Å²) < 4.78 is 13.3. The van der Waals surface area contributed by atoms with Gasteiger partial charge >= 0.3 is 0 Å². The minimum absolute atomic E-state index is 0.0424. The monoisotopic (exact) mass is 234 g/mol. The van der Waals surface area contributed by atoms with Gasteiger partial charge in [-0.2, -0.15) is 0 Å². The minimum atomic E-state index is -0.300. The molecular weight excluding hydrogens is 219 g/mol. The summed E-state index contributed by atoms with van der Waals surface area (Å²) in [6.45, 7) is 0.213. The van der Waals surface area contributed by atoms with Gasteiger partial charge in [-0.3, -0.25) is 4.79 Å². The molecule has 3 N–H and O–H groups in total. The lowest BCUT2D eigenvalue weighted by molar-refractivity contribution is -0.123. The van der Waals surface area contributed by atoms with Crippen molar-refractivity contribution in [1.82, 2.24) is 5.32 Å². The molecule has 1 amide bonds. The van der Waals surface area contributed by atoms with E-state index in [0.29, 0.717) is 12.0 Å². The van der Waals surface area contributed by atoms with E-state index in [1.807, 2.05) is 6.08 Å². The van der Waals surface area contributed by atoms with E-state index in [1.54, 1.807) is 24.3 Å². The SMILES string of the molecule is NC1C=CC(C(=O)NCc2ccccc2F)C1. The largest absolute Gasteiger partial charge is 0.351 e. The van der Waals surface area contributed by atoms with Crippen LogP contribution in [0.25, 0.3) is 0 Å². The van der Waals surface area contributed by atoms with Gasteiger partial charge in [0.25, 0.3) is 0 Å². The van der Waals surface area contributed by atoms with Gasteiger partial charge in [0, 0.05) is 18.2 Å². The maximum absolute atomic E-state index is 13.3. The molecule has 3 nitrogen and oxygen atoms in total. The zero-order valence-corrected chi connectivity index (χ0v) is 9.40. The topological polar surface area (TPSA) is 55.1 Å². The van der Waals surface area contributed by atoms with Crippen molar-refractivity contribution < 1.29 is 9.18 Å². The molecule has 0 saturated heterocycles. The number of rotatable bonds is 3. The lowest BCUT2D eigenvalue weighted by Crippen LogP contribution is -2.30. The number of halogens is 1. The van der Waals surface area contributed by atoms with Gasteiger partial charge in [0.05, 0.1) is 5.92 Å². The molecule has 0 radical (unpaired) electrons. The third kappa shape index (κ3) is 2.91. The van der Waals surface area contributed by atoms with Crippen molar-refractivity contribution in [3.63, 3.8) is 0 Å². The van der Waals surface area contributed by atoms with Gasteiger partial charge in [-0.25, -0.2) is 4.39 Å². The van der Waals surface area contributed by atoms with Gasteiger partial charge in [0.2, 0.25) is 5.91 Å². The molecule has 0 aromatic heterocycles. The summed E-state index contributed by atoms with van der Waals surface area (Å²) in [5.74, 6) is -0.583. The lowest BCUT2D eigenvalue weighted by atomic mass is 10.1. The maximum atomic E-state index is 13.3. The van der Waals surface area contributed by atoms with Gasteiger partial charge < -0.3 is 11.1 Å². The van der Waals surface area contributed by atoms with E-state index in [2.05, 4.69) is 5.32 Å². The van der Waals surface area contributed by atoms with Gasteiger partial charge in [-0.05, 0) is 12.5 Å². The van der Waals surface area contributed by atoms with Crippen LogP contribution in [0.4, 0.5) is 4.39 Å². The smallest absolute Gasteiger partial charge is 0.227 e. The highest BCUT2D eigenvalue weighted by atomic mass is 19.1. The Morgan fingerprint density at radius 2 is 2.18 bits per heavy atom. The lowest BCUT2D eigenvalue weighted by Gasteiger charge is -2.10. The number of hydrogen-bond donors (Lipinski definition) is 2. The number of nitrogens with one attached hydrogen (secondary N) is 1. The van der Waals surface area contributed by atoms with Crippen molar-refractivity contribution in [3.8, 4) is 0 Å². The molecule has 0 saturated carbocycles. The van der Waals surface area contributed by atoms with Crippen LogP contribution in [0.3, 0.4) is 0 Å². The molecule has 1 aromatic carbocycles. The second kappa shape index (κ2) is 5.10. The Balaban J connectivity index is 1.89. The Morgan fingerprint density at radius 1 is 1.41 bits per heavy atom. The predicted molar refractivity (Wildman–Crippen MR) is 63.5 cm³/mol. The van der Waals surface area contributed by atoms with Gasteiger partial charge in [-0.1, -0.05) is 30.4 Å². The molecule has 1 aliphatic rings. The zero-order chi connectivity index (χ0) is 12.3. The molecule has 1 aromatic rings. The fraction of sp³-hybridized carbons (Fsp3) is 0.308. The molecular formula is C13H15FN2O. The predicted octanol–water partition coefficient (Wildman–Crippen LogP) is 1.35. The molecule has 2 atom stereocenters. The maximum Gasteiger partial charge on any atom is 0.227 e. The van der Waals surface area contributed by atoms with Crippen LogP contribution in [0.15, 0.2) is 36.4 Å². The van der Waals surface area contributed by atoms with Crippen LogP contribution in [0, 0.1) is 11.7 Å². The first-order valence-corrected chi connectivity index (χ1v) is 5.62. The highest BCUT2D eigenvalue weighted by Crippen LogP contribution is 2.16. The molecule has 0 spiro atoms. The normalized spacial score (nSPS) is 22.7. The van der Waals surface area contributed by atoms with Crippen molar-refractivity contribution in [2.45, 2.75) is 19.0 Å².